The molecule has 1 atom stereocenters. The van der Waals surface area contributed by atoms with Crippen molar-refractivity contribution in [2.45, 2.75) is 32.0 Å². The summed E-state index contributed by atoms with van der Waals surface area (Å²) in [6, 6.07) is 0.898. The van der Waals surface area contributed by atoms with Crippen molar-refractivity contribution in [1.29, 1.82) is 5.26 Å². The minimum Gasteiger partial charge on any atom is -0.443 e. The van der Waals surface area contributed by atoms with Crippen molar-refractivity contribution in [2.24, 2.45) is 5.73 Å². The van der Waals surface area contributed by atoms with Crippen LogP contribution in [0.5, 0.6) is 0 Å². The molecule has 0 saturated carbocycles. The number of nitrogens with two attached hydrogens (primary N) is 1. The number of carbonyl (C=O) groups is 2. The fraction of sp³-hybridized carbons (Fsp3) is 0.500. The summed E-state index contributed by atoms with van der Waals surface area (Å²) in [5.74, 6) is 0. The molecule has 0 saturated heterocycles. The molecular weight excluding hydrogens is 224 g/mol. The quantitative estimate of drug-likeness (QED) is 0.643. The number of nitriles is 1. The third-order valence-corrected chi connectivity index (χ3v) is 1.79. The number of rotatable bonds is 0. The topological polar surface area (TPSA) is 108 Å². The predicted molar refractivity (Wildman–Crippen MR) is 58.3 cm³/mol. The molecule has 3 amide bonds. The summed E-state index contributed by atoms with van der Waals surface area (Å²) in [7, 11) is 0. The predicted octanol–water partition coefficient (Wildman–Crippen LogP) is 0.639. The smallest absolute Gasteiger partial charge is 0.422 e. The molecular formula is C10H14N4O3. The third kappa shape index (κ3) is 3.19. The van der Waals surface area contributed by atoms with Crippen molar-refractivity contribution in [3.8, 4) is 6.07 Å². The lowest BCUT2D eigenvalue weighted by molar-refractivity contribution is 0.0378. The minimum absolute atomic E-state index is 0.711. The SMILES string of the molecule is CC(C)(C)OC(=O)N1C=CC(N)(C#N)NC1=O. The highest BCUT2D eigenvalue weighted by Crippen LogP contribution is 2.14. The Kier molecular flexibility index (Phi) is 3.11. The van der Waals surface area contributed by atoms with Crippen LogP contribution in [0.1, 0.15) is 20.8 Å². The molecule has 1 aliphatic rings. The Labute approximate surface area is 98.8 Å². The minimum atomic E-state index is -1.59. The van der Waals surface area contributed by atoms with Crippen molar-refractivity contribution in [3.05, 3.63) is 12.3 Å². The molecule has 1 heterocycles. The van der Waals surface area contributed by atoms with E-state index in [1.54, 1.807) is 26.8 Å². The molecule has 1 aliphatic heterocycles. The van der Waals surface area contributed by atoms with E-state index < -0.39 is 23.4 Å². The fourth-order valence-corrected chi connectivity index (χ4v) is 1.06. The molecule has 1 rings (SSSR count). The number of urea groups is 1. The number of nitrogens with zero attached hydrogens (tertiary/aromatic N) is 2. The van der Waals surface area contributed by atoms with E-state index in [9.17, 15) is 9.59 Å². The summed E-state index contributed by atoms with van der Waals surface area (Å²) >= 11 is 0. The Balaban J connectivity index is 2.83. The Morgan fingerprint density at radius 1 is 1.65 bits per heavy atom. The molecule has 0 aromatic heterocycles. The van der Waals surface area contributed by atoms with Gasteiger partial charge in [-0.2, -0.15) is 5.26 Å². The first-order chi connectivity index (χ1) is 7.67. The Bertz CT molecular complexity index is 418. The normalized spacial score (nSPS) is 23.9. The van der Waals surface area contributed by atoms with Crippen LogP contribution in [-0.4, -0.2) is 28.3 Å². The van der Waals surface area contributed by atoms with E-state index in [4.69, 9.17) is 15.7 Å². The second kappa shape index (κ2) is 4.07. The Hall–Kier alpha value is -2.07. The van der Waals surface area contributed by atoms with E-state index in [-0.39, 0.29) is 0 Å². The van der Waals surface area contributed by atoms with Gasteiger partial charge in [0.1, 0.15) is 11.7 Å². The second-order valence-electron chi connectivity index (χ2n) is 4.58. The zero-order valence-corrected chi connectivity index (χ0v) is 9.85. The first kappa shape index (κ1) is 13.0. The second-order valence-corrected chi connectivity index (χ2v) is 4.58. The zero-order valence-electron chi connectivity index (χ0n) is 9.85. The Morgan fingerprint density at radius 2 is 2.24 bits per heavy atom. The maximum atomic E-state index is 11.6. The van der Waals surface area contributed by atoms with Crippen LogP contribution in [0.2, 0.25) is 0 Å². The van der Waals surface area contributed by atoms with Gasteiger partial charge in [0.05, 0.1) is 0 Å². The van der Waals surface area contributed by atoms with E-state index in [0.29, 0.717) is 4.90 Å². The summed E-state index contributed by atoms with van der Waals surface area (Å²) in [5.41, 5.74) is 3.18. The van der Waals surface area contributed by atoms with Gasteiger partial charge >= 0.3 is 12.1 Å². The Morgan fingerprint density at radius 3 is 2.65 bits per heavy atom. The lowest BCUT2D eigenvalue weighted by Crippen LogP contribution is -2.60. The summed E-state index contributed by atoms with van der Waals surface area (Å²) in [5, 5.41) is 10.9. The molecule has 92 valence electrons. The number of hydrogen-bond acceptors (Lipinski definition) is 5. The highest BCUT2D eigenvalue weighted by molar-refractivity contribution is 5.94. The summed E-state index contributed by atoms with van der Waals surface area (Å²) in [4.78, 5) is 23.8. The zero-order chi connectivity index (χ0) is 13.3. The van der Waals surface area contributed by atoms with Gasteiger partial charge in [-0.3, -0.25) is 5.73 Å². The van der Waals surface area contributed by atoms with E-state index in [0.717, 1.165) is 6.20 Å². The summed E-state index contributed by atoms with van der Waals surface area (Å²) < 4.78 is 5.00. The molecule has 0 spiro atoms. The molecule has 0 fully saturated rings. The highest BCUT2D eigenvalue weighted by atomic mass is 16.6. The van der Waals surface area contributed by atoms with Crippen LogP contribution >= 0.6 is 0 Å². The average Bonchev–Trinajstić information content (AvgIpc) is 2.14. The van der Waals surface area contributed by atoms with E-state index >= 15 is 0 Å². The molecule has 0 radical (unpaired) electrons. The van der Waals surface area contributed by atoms with Crippen molar-refractivity contribution in [1.82, 2.24) is 10.2 Å². The standard InChI is InChI=1S/C10H14N4O3/c1-9(2,3)17-8(16)14-5-4-10(12,6-11)13-7(14)15/h4-5H,12H2,1-3H3,(H,13,15). The molecule has 0 aromatic rings. The molecule has 1 unspecified atom stereocenters. The first-order valence-electron chi connectivity index (χ1n) is 4.91. The number of ether oxygens (including phenoxy) is 1. The van der Waals surface area contributed by atoms with Crippen molar-refractivity contribution < 1.29 is 14.3 Å². The number of nitrogens with one attached hydrogen (secondary N) is 1. The van der Waals surface area contributed by atoms with Crippen LogP contribution in [0.25, 0.3) is 0 Å². The van der Waals surface area contributed by atoms with Crippen LogP contribution in [0.3, 0.4) is 0 Å². The first-order valence-corrected chi connectivity index (χ1v) is 4.91. The summed E-state index contributed by atoms with van der Waals surface area (Å²) in [6.45, 7) is 5.04. The van der Waals surface area contributed by atoms with E-state index in [1.165, 1.54) is 6.08 Å². The van der Waals surface area contributed by atoms with E-state index in [2.05, 4.69) is 5.32 Å². The highest BCUT2D eigenvalue weighted by Gasteiger charge is 2.35. The largest absolute Gasteiger partial charge is 0.443 e. The van der Waals surface area contributed by atoms with Gasteiger partial charge in [0.25, 0.3) is 0 Å². The maximum absolute atomic E-state index is 11.6. The fourth-order valence-electron chi connectivity index (χ4n) is 1.06. The lowest BCUT2D eigenvalue weighted by Gasteiger charge is -2.30. The molecule has 7 heteroatoms. The van der Waals surface area contributed by atoms with Gasteiger partial charge in [-0.1, -0.05) is 0 Å². The van der Waals surface area contributed by atoms with Gasteiger partial charge < -0.3 is 10.1 Å². The van der Waals surface area contributed by atoms with Crippen LogP contribution in [-0.2, 0) is 4.74 Å². The molecule has 0 aromatic carbocycles. The number of hydrogen-bond donors (Lipinski definition) is 2. The van der Waals surface area contributed by atoms with E-state index in [1.807, 2.05) is 0 Å². The number of carbonyl (C=O) groups excluding carboxylic acids is 2. The lowest BCUT2D eigenvalue weighted by atomic mass is 10.2. The monoisotopic (exact) mass is 238 g/mol. The molecule has 0 bridgehead atoms. The van der Waals surface area contributed by atoms with Gasteiger partial charge in [0.15, 0.2) is 0 Å². The van der Waals surface area contributed by atoms with Crippen LogP contribution in [0, 0.1) is 11.3 Å². The average molecular weight is 238 g/mol. The molecule has 0 aliphatic carbocycles. The van der Waals surface area contributed by atoms with Gasteiger partial charge in [-0.15, -0.1) is 0 Å². The molecule has 7 nitrogen and oxygen atoms in total. The van der Waals surface area contributed by atoms with Gasteiger partial charge in [-0.05, 0) is 26.8 Å². The number of imide groups is 1. The maximum Gasteiger partial charge on any atom is 0.422 e. The van der Waals surface area contributed by atoms with Crippen molar-refractivity contribution in [2.75, 3.05) is 0 Å². The third-order valence-electron chi connectivity index (χ3n) is 1.79. The molecule has 3 N–H and O–H groups in total. The van der Waals surface area contributed by atoms with Gasteiger partial charge in [0, 0.05) is 6.20 Å². The summed E-state index contributed by atoms with van der Waals surface area (Å²) in [6.07, 6.45) is 1.50. The van der Waals surface area contributed by atoms with Crippen LogP contribution in [0.15, 0.2) is 12.3 Å². The molecule has 17 heavy (non-hydrogen) atoms. The van der Waals surface area contributed by atoms with Crippen LogP contribution < -0.4 is 11.1 Å². The number of amides is 3. The van der Waals surface area contributed by atoms with Gasteiger partial charge in [-0.25, -0.2) is 14.5 Å². The van der Waals surface area contributed by atoms with Crippen molar-refractivity contribution >= 4 is 12.1 Å². The van der Waals surface area contributed by atoms with Crippen molar-refractivity contribution in [3.63, 3.8) is 0 Å². The van der Waals surface area contributed by atoms with Crippen LogP contribution in [0.4, 0.5) is 9.59 Å². The van der Waals surface area contributed by atoms with Gasteiger partial charge in [0.2, 0.25) is 5.66 Å².